The summed E-state index contributed by atoms with van der Waals surface area (Å²) in [6.45, 7) is 12.0. The number of piperidine rings is 3. The van der Waals surface area contributed by atoms with E-state index in [1.165, 1.54) is 45.2 Å². The zero-order chi connectivity index (χ0) is 29.9. The fraction of sp³-hybridized carbons (Fsp3) is 0.244. The van der Waals surface area contributed by atoms with E-state index in [0.29, 0.717) is 24.5 Å². The third-order valence-electron chi connectivity index (χ3n) is 10.2. The molecule has 4 aromatic carbocycles. The lowest BCUT2D eigenvalue weighted by molar-refractivity contribution is -0.985. The Kier molecular flexibility index (Phi) is 7.99. The highest BCUT2D eigenvalue weighted by Gasteiger charge is 2.54. The topological polar surface area (TPSA) is 22.1 Å². The van der Waals surface area contributed by atoms with Gasteiger partial charge in [-0.3, -0.25) is 4.98 Å². The van der Waals surface area contributed by atoms with Crippen LogP contribution in [0.3, 0.4) is 0 Å². The molecule has 0 aliphatic carbocycles. The van der Waals surface area contributed by atoms with Crippen molar-refractivity contribution in [1.82, 2.24) is 4.98 Å². The Morgan fingerprint density at radius 1 is 0.841 bits per heavy atom. The summed E-state index contributed by atoms with van der Waals surface area (Å²) >= 11 is 0. The molecule has 3 aliphatic rings. The molecule has 1 aromatic heterocycles. The van der Waals surface area contributed by atoms with Crippen molar-refractivity contribution in [3.63, 3.8) is 0 Å². The maximum atomic E-state index is 6.83. The van der Waals surface area contributed by atoms with Gasteiger partial charge >= 0.3 is 0 Å². The third-order valence-corrected chi connectivity index (χ3v) is 10.2. The van der Waals surface area contributed by atoms with E-state index in [1.54, 1.807) is 0 Å². The molecule has 3 fully saturated rings. The van der Waals surface area contributed by atoms with Crippen LogP contribution in [0.2, 0.25) is 0 Å². The number of quaternary nitrogens is 1. The SMILES string of the molecule is C=CCO[C@H](c1ccnc2ccccc12)[C@@H]1C[C@@H]2CC[N@@+]1(Cc1cc(-c3ccccc3)ccc1-c1ccccc1)C[C@@H]2C=C. The summed E-state index contributed by atoms with van der Waals surface area (Å²) in [7, 11) is 0. The highest BCUT2D eigenvalue weighted by molar-refractivity contribution is 5.82. The number of hydrogen-bond acceptors (Lipinski definition) is 2. The van der Waals surface area contributed by atoms with Crippen molar-refractivity contribution in [1.29, 1.82) is 0 Å². The molecular formula is C41H41N2O+. The summed E-state index contributed by atoms with van der Waals surface area (Å²) in [5.41, 5.74) is 8.76. The lowest BCUT2D eigenvalue weighted by Gasteiger charge is -2.58. The number of rotatable bonds is 10. The number of nitrogens with zero attached hydrogens (tertiary/aromatic N) is 2. The van der Waals surface area contributed by atoms with E-state index in [0.717, 1.165) is 36.1 Å². The predicted octanol–water partition coefficient (Wildman–Crippen LogP) is 9.42. The van der Waals surface area contributed by atoms with Gasteiger partial charge in [0, 0.05) is 35.9 Å². The Balaban J connectivity index is 1.37. The van der Waals surface area contributed by atoms with Crippen LogP contribution in [-0.2, 0) is 11.3 Å². The van der Waals surface area contributed by atoms with E-state index in [9.17, 15) is 0 Å². The van der Waals surface area contributed by atoms with E-state index in [4.69, 9.17) is 9.72 Å². The first-order valence-electron chi connectivity index (χ1n) is 16.0. The monoisotopic (exact) mass is 577 g/mol. The van der Waals surface area contributed by atoms with Gasteiger partial charge in [0.05, 0.1) is 25.2 Å². The molecule has 0 radical (unpaired) electrons. The summed E-state index contributed by atoms with van der Waals surface area (Å²) in [6, 6.07) is 39.7. The molecule has 5 aromatic rings. The van der Waals surface area contributed by atoms with Crippen LogP contribution in [-0.4, -0.2) is 35.2 Å². The van der Waals surface area contributed by atoms with Crippen LogP contribution in [0.15, 0.2) is 141 Å². The van der Waals surface area contributed by atoms with Crippen LogP contribution in [0.1, 0.15) is 30.1 Å². The normalized spacial score (nSPS) is 23.3. The van der Waals surface area contributed by atoms with E-state index < -0.39 is 0 Å². The lowest BCUT2D eigenvalue weighted by Crippen LogP contribution is -2.67. The zero-order valence-electron chi connectivity index (χ0n) is 25.4. The molecule has 0 amide bonds. The molecule has 5 atom stereocenters. The van der Waals surface area contributed by atoms with Gasteiger partial charge in [-0.05, 0) is 51.9 Å². The highest BCUT2D eigenvalue weighted by Crippen LogP contribution is 2.50. The van der Waals surface area contributed by atoms with Crippen LogP contribution in [0, 0.1) is 11.8 Å². The number of benzene rings is 4. The molecular weight excluding hydrogens is 536 g/mol. The number of para-hydroxylation sites is 1. The summed E-state index contributed by atoms with van der Waals surface area (Å²) in [6.07, 6.45) is 8.35. The molecule has 3 aliphatic heterocycles. The maximum Gasteiger partial charge on any atom is 0.135 e. The van der Waals surface area contributed by atoms with Crippen molar-refractivity contribution >= 4 is 10.9 Å². The fourth-order valence-corrected chi connectivity index (χ4v) is 8.08. The van der Waals surface area contributed by atoms with E-state index >= 15 is 0 Å². The van der Waals surface area contributed by atoms with Crippen molar-refractivity contribution in [3.05, 3.63) is 152 Å². The molecule has 0 spiro atoms. The first kappa shape index (κ1) is 28.5. The summed E-state index contributed by atoms with van der Waals surface area (Å²) in [5, 5.41) is 1.18. The molecule has 3 nitrogen and oxygen atoms in total. The smallest absolute Gasteiger partial charge is 0.135 e. The van der Waals surface area contributed by atoms with Crippen LogP contribution in [0.25, 0.3) is 33.2 Å². The van der Waals surface area contributed by atoms with Crippen molar-refractivity contribution in [3.8, 4) is 22.3 Å². The average Bonchev–Trinajstić information content (AvgIpc) is 3.09. The van der Waals surface area contributed by atoms with Gasteiger partial charge in [0.2, 0.25) is 0 Å². The van der Waals surface area contributed by atoms with Gasteiger partial charge in [0.25, 0.3) is 0 Å². The van der Waals surface area contributed by atoms with Gasteiger partial charge in [0.15, 0.2) is 0 Å². The van der Waals surface area contributed by atoms with Crippen LogP contribution < -0.4 is 0 Å². The summed E-state index contributed by atoms with van der Waals surface area (Å²) in [4.78, 5) is 4.70. The summed E-state index contributed by atoms with van der Waals surface area (Å²) in [5.74, 6) is 1.14. The molecule has 0 saturated carbocycles. The minimum atomic E-state index is -0.0630. The Morgan fingerprint density at radius 3 is 2.36 bits per heavy atom. The molecule has 0 N–H and O–H groups in total. The minimum Gasteiger partial charge on any atom is -0.363 e. The quantitative estimate of drug-likeness (QED) is 0.122. The number of hydrogen-bond donors (Lipinski definition) is 0. The van der Waals surface area contributed by atoms with E-state index in [2.05, 4.69) is 128 Å². The molecule has 220 valence electrons. The Labute approximate surface area is 261 Å². The highest BCUT2D eigenvalue weighted by atomic mass is 16.5. The van der Waals surface area contributed by atoms with Gasteiger partial charge < -0.3 is 9.22 Å². The lowest BCUT2D eigenvalue weighted by atomic mass is 9.70. The number of aromatic nitrogens is 1. The second-order valence-corrected chi connectivity index (χ2v) is 12.6. The number of ether oxygens (including phenoxy) is 1. The van der Waals surface area contributed by atoms with Crippen molar-refractivity contribution < 1.29 is 9.22 Å². The van der Waals surface area contributed by atoms with Crippen LogP contribution >= 0.6 is 0 Å². The molecule has 3 heteroatoms. The molecule has 44 heavy (non-hydrogen) atoms. The van der Waals surface area contributed by atoms with Gasteiger partial charge in [-0.1, -0.05) is 103 Å². The van der Waals surface area contributed by atoms with Crippen molar-refractivity contribution in [2.45, 2.75) is 31.5 Å². The van der Waals surface area contributed by atoms with Gasteiger partial charge in [0.1, 0.15) is 18.7 Å². The number of fused-ring (bicyclic) bond motifs is 4. The Morgan fingerprint density at radius 2 is 1.59 bits per heavy atom. The maximum absolute atomic E-state index is 6.83. The molecule has 3 saturated heterocycles. The zero-order valence-corrected chi connectivity index (χ0v) is 25.4. The van der Waals surface area contributed by atoms with Crippen LogP contribution in [0.5, 0.6) is 0 Å². The van der Waals surface area contributed by atoms with Crippen LogP contribution in [0.4, 0.5) is 0 Å². The largest absolute Gasteiger partial charge is 0.363 e. The first-order chi connectivity index (χ1) is 21.7. The van der Waals surface area contributed by atoms with Gasteiger partial charge in [-0.2, -0.15) is 0 Å². The molecule has 2 bridgehead atoms. The van der Waals surface area contributed by atoms with Crippen molar-refractivity contribution in [2.75, 3.05) is 19.7 Å². The average molecular weight is 578 g/mol. The molecule has 8 rings (SSSR count). The molecule has 4 heterocycles. The Hall–Kier alpha value is -4.31. The van der Waals surface area contributed by atoms with E-state index in [-0.39, 0.29) is 6.10 Å². The molecule has 0 unspecified atom stereocenters. The summed E-state index contributed by atoms with van der Waals surface area (Å²) < 4.78 is 7.82. The fourth-order valence-electron chi connectivity index (χ4n) is 8.08. The minimum absolute atomic E-state index is 0.0630. The second kappa shape index (κ2) is 12.4. The second-order valence-electron chi connectivity index (χ2n) is 12.6. The Bertz CT molecular complexity index is 1760. The number of pyridine rings is 1. The first-order valence-corrected chi connectivity index (χ1v) is 16.0. The van der Waals surface area contributed by atoms with Gasteiger partial charge in [-0.25, -0.2) is 0 Å². The third kappa shape index (κ3) is 5.32. The predicted molar refractivity (Wildman–Crippen MR) is 182 cm³/mol. The standard InChI is InChI=1S/C41H41N2O/c1-3-25-44-41(38-21-23-42-39-18-12-11-17-37(38)39)40-27-34-22-24-43(40,28-30(34)4-2)29-35-26-33(31-13-7-5-8-14-31)19-20-36(35)32-15-9-6-10-16-32/h3-21,23,26,30,34,40-41H,1-2,22,24-25,27-29H2/q+1/t30-,34-,40-,41+,43-/m0/s1. The van der Waals surface area contributed by atoms with E-state index in [1.807, 2.05) is 12.3 Å². The van der Waals surface area contributed by atoms with Crippen molar-refractivity contribution in [2.24, 2.45) is 11.8 Å². The van der Waals surface area contributed by atoms with Gasteiger partial charge in [-0.15, -0.1) is 13.2 Å².